The largest absolute Gasteiger partial charge is 0.504 e. The van der Waals surface area contributed by atoms with Gasteiger partial charge in [-0.05, 0) is 42.0 Å². The maximum absolute atomic E-state index is 12.2. The van der Waals surface area contributed by atoms with Crippen LogP contribution in [0.15, 0.2) is 88.1 Å². The van der Waals surface area contributed by atoms with Gasteiger partial charge in [0, 0.05) is 49.5 Å². The molecule has 0 aliphatic carbocycles. The van der Waals surface area contributed by atoms with Gasteiger partial charge in [0.05, 0.1) is 0 Å². The van der Waals surface area contributed by atoms with E-state index in [1.54, 1.807) is 6.07 Å². The number of anilines is 2. The van der Waals surface area contributed by atoms with Crippen LogP contribution in [-0.2, 0) is 6.54 Å². The number of para-hydroxylation sites is 2. The monoisotopic (exact) mass is 416 g/mol. The van der Waals surface area contributed by atoms with Crippen molar-refractivity contribution in [2.24, 2.45) is 0 Å². The summed E-state index contributed by atoms with van der Waals surface area (Å²) in [6.45, 7) is 1.92. The molecule has 31 heavy (non-hydrogen) atoms. The maximum atomic E-state index is 12.2. The molecule has 2 N–H and O–H groups in total. The van der Waals surface area contributed by atoms with E-state index in [-0.39, 0.29) is 11.3 Å². The highest BCUT2D eigenvalue weighted by atomic mass is 16.4. The first kappa shape index (κ1) is 20.3. The van der Waals surface area contributed by atoms with Crippen LogP contribution in [0.5, 0.6) is 11.5 Å². The van der Waals surface area contributed by atoms with Crippen LogP contribution in [0.1, 0.15) is 5.56 Å². The Morgan fingerprint density at radius 2 is 1.48 bits per heavy atom. The first-order valence-corrected chi connectivity index (χ1v) is 10.1. The van der Waals surface area contributed by atoms with E-state index in [1.807, 2.05) is 55.6 Å². The minimum atomic E-state index is -0.571. The molecule has 6 nitrogen and oxygen atoms in total. The van der Waals surface area contributed by atoms with E-state index in [9.17, 15) is 15.0 Å². The smallest absolute Gasteiger partial charge is 0.336 e. The van der Waals surface area contributed by atoms with E-state index in [0.29, 0.717) is 24.0 Å². The van der Waals surface area contributed by atoms with Crippen molar-refractivity contribution in [3.05, 3.63) is 94.8 Å². The van der Waals surface area contributed by atoms with Gasteiger partial charge in [0.15, 0.2) is 11.3 Å². The molecule has 0 aliphatic heterocycles. The first-order valence-electron chi connectivity index (χ1n) is 10.1. The fourth-order valence-electron chi connectivity index (χ4n) is 3.62. The molecule has 0 saturated carbocycles. The van der Waals surface area contributed by atoms with Gasteiger partial charge in [0.25, 0.3) is 0 Å². The summed E-state index contributed by atoms with van der Waals surface area (Å²) in [6, 6.07) is 24.6. The van der Waals surface area contributed by atoms with E-state index in [2.05, 4.69) is 21.9 Å². The summed E-state index contributed by atoms with van der Waals surface area (Å²) in [5.74, 6) is -0.747. The van der Waals surface area contributed by atoms with Crippen LogP contribution in [0.4, 0.5) is 11.4 Å². The topological polar surface area (TPSA) is 77.2 Å². The molecule has 1 aromatic heterocycles. The average molecular weight is 416 g/mol. The molecule has 0 unspecified atom stereocenters. The molecular weight excluding hydrogens is 392 g/mol. The quantitative estimate of drug-likeness (QED) is 0.345. The van der Waals surface area contributed by atoms with Crippen molar-refractivity contribution in [1.82, 2.24) is 0 Å². The Kier molecular flexibility index (Phi) is 5.80. The molecule has 0 amide bonds. The van der Waals surface area contributed by atoms with Crippen LogP contribution in [0, 0.1) is 0 Å². The number of fused-ring (bicyclic) bond motifs is 1. The molecule has 0 saturated heterocycles. The van der Waals surface area contributed by atoms with Crippen LogP contribution in [0.25, 0.3) is 11.0 Å². The number of rotatable bonds is 7. The van der Waals surface area contributed by atoms with E-state index >= 15 is 0 Å². The molecule has 1 heterocycles. The third kappa shape index (κ3) is 4.48. The van der Waals surface area contributed by atoms with Gasteiger partial charge in [-0.2, -0.15) is 0 Å². The summed E-state index contributed by atoms with van der Waals surface area (Å²) in [5.41, 5.74) is 2.29. The highest BCUT2D eigenvalue weighted by Crippen LogP contribution is 2.34. The molecule has 0 spiro atoms. The lowest BCUT2D eigenvalue weighted by Gasteiger charge is -2.29. The SMILES string of the molecule is CN(CCN(Cc1cc(=O)oc2c(O)c(O)ccc12)c1ccccc1)c1ccccc1. The minimum absolute atomic E-state index is 0.00286. The van der Waals surface area contributed by atoms with Crippen molar-refractivity contribution in [3.63, 3.8) is 0 Å². The predicted molar refractivity (Wildman–Crippen MR) is 123 cm³/mol. The maximum Gasteiger partial charge on any atom is 0.336 e. The molecule has 0 radical (unpaired) electrons. The number of phenols is 2. The number of nitrogens with zero attached hydrogens (tertiary/aromatic N) is 2. The molecule has 0 aliphatic rings. The second-order valence-electron chi connectivity index (χ2n) is 7.41. The molecule has 0 atom stereocenters. The van der Waals surface area contributed by atoms with Gasteiger partial charge in [0.1, 0.15) is 0 Å². The van der Waals surface area contributed by atoms with Crippen molar-refractivity contribution in [2.75, 3.05) is 29.9 Å². The highest BCUT2D eigenvalue weighted by molar-refractivity contribution is 5.87. The number of phenolic OH excluding ortho intramolecular Hbond substituents is 2. The van der Waals surface area contributed by atoms with E-state index in [1.165, 1.54) is 12.1 Å². The van der Waals surface area contributed by atoms with Crippen LogP contribution < -0.4 is 15.4 Å². The van der Waals surface area contributed by atoms with Gasteiger partial charge >= 0.3 is 5.63 Å². The van der Waals surface area contributed by atoms with E-state index in [4.69, 9.17) is 4.42 Å². The summed E-state index contributed by atoms with van der Waals surface area (Å²) in [6.07, 6.45) is 0. The zero-order valence-electron chi connectivity index (χ0n) is 17.2. The fraction of sp³-hybridized carbons (Fsp3) is 0.160. The number of likely N-dealkylation sites (N-methyl/N-ethyl adjacent to an activating group) is 1. The lowest BCUT2D eigenvalue weighted by atomic mass is 10.1. The Balaban J connectivity index is 1.66. The molecule has 4 aromatic rings. The number of hydrogen-bond donors (Lipinski definition) is 2. The predicted octanol–water partition coefficient (Wildman–Crippen LogP) is 4.35. The summed E-state index contributed by atoms with van der Waals surface area (Å²) in [5, 5.41) is 20.5. The Labute approximate surface area is 180 Å². The average Bonchev–Trinajstić information content (AvgIpc) is 2.80. The van der Waals surface area contributed by atoms with Gasteiger partial charge in [-0.15, -0.1) is 0 Å². The van der Waals surface area contributed by atoms with Gasteiger partial charge in [-0.3, -0.25) is 0 Å². The van der Waals surface area contributed by atoms with Crippen molar-refractivity contribution >= 4 is 22.3 Å². The molecule has 158 valence electrons. The third-order valence-electron chi connectivity index (χ3n) is 5.34. The Hall–Kier alpha value is -3.93. The van der Waals surface area contributed by atoms with E-state index < -0.39 is 11.4 Å². The number of benzene rings is 3. The van der Waals surface area contributed by atoms with Crippen LogP contribution in [0.3, 0.4) is 0 Å². The molecule has 0 bridgehead atoms. The number of hydrogen-bond acceptors (Lipinski definition) is 6. The molecule has 4 rings (SSSR count). The fourth-order valence-corrected chi connectivity index (χ4v) is 3.62. The summed E-state index contributed by atoms with van der Waals surface area (Å²) in [4.78, 5) is 16.5. The van der Waals surface area contributed by atoms with Crippen LogP contribution in [-0.4, -0.2) is 30.4 Å². The Morgan fingerprint density at radius 1 is 0.839 bits per heavy atom. The summed E-state index contributed by atoms with van der Waals surface area (Å²) in [7, 11) is 2.05. The lowest BCUT2D eigenvalue weighted by Crippen LogP contribution is -2.33. The minimum Gasteiger partial charge on any atom is -0.504 e. The first-order chi connectivity index (χ1) is 15.0. The van der Waals surface area contributed by atoms with Gasteiger partial charge < -0.3 is 24.4 Å². The summed E-state index contributed by atoms with van der Waals surface area (Å²) < 4.78 is 5.16. The van der Waals surface area contributed by atoms with E-state index in [0.717, 1.165) is 17.9 Å². The summed E-state index contributed by atoms with van der Waals surface area (Å²) >= 11 is 0. The zero-order chi connectivity index (χ0) is 21.8. The van der Waals surface area contributed by atoms with Gasteiger partial charge in [0.2, 0.25) is 5.75 Å². The molecule has 6 heteroatoms. The van der Waals surface area contributed by atoms with Gasteiger partial charge in [-0.25, -0.2) is 4.79 Å². The zero-order valence-corrected chi connectivity index (χ0v) is 17.2. The second kappa shape index (κ2) is 8.83. The van der Waals surface area contributed by atoms with Crippen LogP contribution >= 0.6 is 0 Å². The lowest BCUT2D eigenvalue weighted by molar-refractivity contribution is 0.397. The van der Waals surface area contributed by atoms with Crippen LogP contribution in [0.2, 0.25) is 0 Å². The normalized spacial score (nSPS) is 10.9. The van der Waals surface area contributed by atoms with Crippen molar-refractivity contribution in [2.45, 2.75) is 6.54 Å². The molecule has 3 aromatic carbocycles. The second-order valence-corrected chi connectivity index (χ2v) is 7.41. The van der Waals surface area contributed by atoms with Crippen molar-refractivity contribution in [1.29, 1.82) is 0 Å². The molecular formula is C25H24N2O4. The Bertz CT molecular complexity index is 1220. The van der Waals surface area contributed by atoms with Crippen molar-refractivity contribution in [3.8, 4) is 11.5 Å². The number of aromatic hydroxyl groups is 2. The third-order valence-corrected chi connectivity index (χ3v) is 5.34. The Morgan fingerprint density at radius 3 is 2.16 bits per heavy atom. The standard InChI is InChI=1S/C25H24N2O4/c1-26(19-8-4-2-5-9-19)14-15-27(20-10-6-3-7-11-20)17-18-16-23(29)31-25-21(18)12-13-22(28)24(25)30/h2-13,16,28,30H,14-15,17H2,1H3. The molecule has 0 fully saturated rings. The highest BCUT2D eigenvalue weighted by Gasteiger charge is 2.16. The van der Waals surface area contributed by atoms with Crippen molar-refractivity contribution < 1.29 is 14.6 Å². The van der Waals surface area contributed by atoms with Gasteiger partial charge in [-0.1, -0.05) is 36.4 Å².